The second-order valence-electron chi connectivity index (χ2n) is 4.52. The SMILES string of the molecule is CCC(=O)Nc1nc(C)c(C(=O)Nc2cccc(OC)c2)s1. The molecule has 0 saturated carbocycles. The molecule has 0 atom stereocenters. The average molecular weight is 319 g/mol. The van der Waals surface area contributed by atoms with Gasteiger partial charge in [-0.3, -0.25) is 9.59 Å². The molecule has 0 aliphatic rings. The lowest BCUT2D eigenvalue weighted by molar-refractivity contribution is -0.115. The van der Waals surface area contributed by atoms with Gasteiger partial charge >= 0.3 is 0 Å². The van der Waals surface area contributed by atoms with Crippen LogP contribution in [0.1, 0.15) is 28.7 Å². The summed E-state index contributed by atoms with van der Waals surface area (Å²) in [5, 5.41) is 5.88. The molecule has 0 bridgehead atoms. The van der Waals surface area contributed by atoms with Crippen molar-refractivity contribution in [1.82, 2.24) is 4.98 Å². The van der Waals surface area contributed by atoms with Crippen LogP contribution in [0.5, 0.6) is 5.75 Å². The van der Waals surface area contributed by atoms with Crippen LogP contribution >= 0.6 is 11.3 Å². The van der Waals surface area contributed by atoms with Gasteiger partial charge in [-0.1, -0.05) is 24.3 Å². The molecule has 6 nitrogen and oxygen atoms in total. The molecular weight excluding hydrogens is 302 g/mol. The lowest BCUT2D eigenvalue weighted by Crippen LogP contribution is -2.11. The first-order valence-corrected chi connectivity index (χ1v) is 7.57. The number of nitrogens with zero attached hydrogens (tertiary/aromatic N) is 1. The van der Waals surface area contributed by atoms with Crippen molar-refractivity contribution < 1.29 is 14.3 Å². The van der Waals surface area contributed by atoms with Gasteiger partial charge in [-0.25, -0.2) is 4.98 Å². The maximum Gasteiger partial charge on any atom is 0.267 e. The van der Waals surface area contributed by atoms with Gasteiger partial charge in [0.1, 0.15) is 10.6 Å². The summed E-state index contributed by atoms with van der Waals surface area (Å²) in [6, 6.07) is 7.09. The second-order valence-corrected chi connectivity index (χ2v) is 5.52. The zero-order valence-corrected chi connectivity index (χ0v) is 13.4. The first-order chi connectivity index (χ1) is 10.5. The third-order valence-electron chi connectivity index (χ3n) is 2.90. The summed E-state index contributed by atoms with van der Waals surface area (Å²) >= 11 is 1.15. The summed E-state index contributed by atoms with van der Waals surface area (Å²) in [5.74, 6) is 0.267. The van der Waals surface area contributed by atoms with Crippen LogP contribution in [0.25, 0.3) is 0 Å². The largest absolute Gasteiger partial charge is 0.497 e. The van der Waals surface area contributed by atoms with Crippen molar-refractivity contribution >= 4 is 34.0 Å². The summed E-state index contributed by atoms with van der Waals surface area (Å²) in [6.07, 6.45) is 0.365. The summed E-state index contributed by atoms with van der Waals surface area (Å²) in [4.78, 5) is 28.3. The molecule has 0 radical (unpaired) electrons. The molecule has 22 heavy (non-hydrogen) atoms. The number of rotatable bonds is 5. The van der Waals surface area contributed by atoms with Crippen LogP contribution in [0.2, 0.25) is 0 Å². The van der Waals surface area contributed by atoms with E-state index < -0.39 is 0 Å². The predicted octanol–water partition coefficient (Wildman–Crippen LogP) is 3.06. The van der Waals surface area contributed by atoms with E-state index in [2.05, 4.69) is 15.6 Å². The third kappa shape index (κ3) is 3.82. The van der Waals surface area contributed by atoms with Crippen molar-refractivity contribution in [2.24, 2.45) is 0 Å². The summed E-state index contributed by atoms with van der Waals surface area (Å²) in [7, 11) is 1.57. The number of hydrogen-bond acceptors (Lipinski definition) is 5. The Hall–Kier alpha value is -2.41. The van der Waals surface area contributed by atoms with Crippen LogP contribution in [0, 0.1) is 6.92 Å². The van der Waals surface area contributed by atoms with E-state index in [0.717, 1.165) is 11.3 Å². The number of aryl methyl sites for hydroxylation is 1. The van der Waals surface area contributed by atoms with Gasteiger partial charge in [0, 0.05) is 18.2 Å². The molecule has 0 unspecified atom stereocenters. The molecule has 0 saturated heterocycles. The van der Waals surface area contributed by atoms with Crippen molar-refractivity contribution in [2.75, 3.05) is 17.7 Å². The zero-order chi connectivity index (χ0) is 16.1. The topological polar surface area (TPSA) is 80.3 Å². The number of ether oxygens (including phenoxy) is 1. The van der Waals surface area contributed by atoms with Crippen molar-refractivity contribution in [1.29, 1.82) is 0 Å². The van der Waals surface area contributed by atoms with Crippen LogP contribution in [0.15, 0.2) is 24.3 Å². The first-order valence-electron chi connectivity index (χ1n) is 6.76. The van der Waals surface area contributed by atoms with Crippen molar-refractivity contribution in [2.45, 2.75) is 20.3 Å². The van der Waals surface area contributed by atoms with Gasteiger partial charge in [-0.05, 0) is 19.1 Å². The molecule has 2 aromatic rings. The second kappa shape index (κ2) is 7.04. The van der Waals surface area contributed by atoms with Gasteiger partial charge in [0.05, 0.1) is 12.8 Å². The minimum atomic E-state index is -0.264. The van der Waals surface area contributed by atoms with Crippen LogP contribution < -0.4 is 15.4 Å². The number of benzene rings is 1. The van der Waals surface area contributed by atoms with E-state index in [1.807, 2.05) is 0 Å². The maximum absolute atomic E-state index is 12.3. The van der Waals surface area contributed by atoms with Gasteiger partial charge in [-0.2, -0.15) is 0 Å². The van der Waals surface area contributed by atoms with Crippen molar-refractivity contribution in [3.05, 3.63) is 34.8 Å². The van der Waals surface area contributed by atoms with Gasteiger partial charge in [0.25, 0.3) is 5.91 Å². The number of carbonyl (C=O) groups excluding carboxylic acids is 2. The van der Waals surface area contributed by atoms with E-state index in [4.69, 9.17) is 4.74 Å². The Morgan fingerprint density at radius 1 is 1.32 bits per heavy atom. The highest BCUT2D eigenvalue weighted by molar-refractivity contribution is 7.17. The lowest BCUT2D eigenvalue weighted by Gasteiger charge is -2.06. The molecule has 0 aliphatic heterocycles. The Morgan fingerprint density at radius 2 is 2.09 bits per heavy atom. The number of carbonyl (C=O) groups is 2. The molecule has 0 aliphatic carbocycles. The van der Waals surface area contributed by atoms with Crippen LogP contribution in [-0.2, 0) is 4.79 Å². The van der Waals surface area contributed by atoms with Gasteiger partial charge in [0.2, 0.25) is 5.91 Å². The Kier molecular flexibility index (Phi) is 5.11. The number of nitrogens with one attached hydrogen (secondary N) is 2. The zero-order valence-electron chi connectivity index (χ0n) is 12.6. The molecule has 7 heteroatoms. The minimum absolute atomic E-state index is 0.131. The maximum atomic E-state index is 12.3. The quantitative estimate of drug-likeness (QED) is 0.887. The van der Waals surface area contributed by atoms with Gasteiger partial charge in [-0.15, -0.1) is 0 Å². The Balaban J connectivity index is 2.13. The van der Waals surface area contributed by atoms with E-state index >= 15 is 0 Å². The van der Waals surface area contributed by atoms with E-state index in [-0.39, 0.29) is 11.8 Å². The van der Waals surface area contributed by atoms with Crippen LogP contribution in [0.3, 0.4) is 0 Å². The highest BCUT2D eigenvalue weighted by atomic mass is 32.1. The van der Waals surface area contributed by atoms with Gasteiger partial charge < -0.3 is 15.4 Å². The molecule has 1 heterocycles. The monoisotopic (exact) mass is 319 g/mol. The molecule has 1 aromatic heterocycles. The standard InChI is InChI=1S/C15H17N3O3S/c1-4-12(19)18-15-16-9(2)13(22-15)14(20)17-10-6-5-7-11(8-10)21-3/h5-8H,4H2,1-3H3,(H,17,20)(H,16,18,19). The van der Waals surface area contributed by atoms with E-state index in [9.17, 15) is 9.59 Å². The molecule has 2 rings (SSSR count). The smallest absolute Gasteiger partial charge is 0.267 e. The molecule has 2 amide bonds. The van der Waals surface area contributed by atoms with E-state index in [0.29, 0.717) is 33.6 Å². The highest BCUT2D eigenvalue weighted by Gasteiger charge is 2.16. The molecule has 0 fully saturated rings. The lowest BCUT2D eigenvalue weighted by atomic mass is 10.3. The van der Waals surface area contributed by atoms with E-state index in [1.165, 1.54) is 0 Å². The fourth-order valence-electron chi connectivity index (χ4n) is 1.76. The number of aromatic nitrogens is 1. The Labute approximate surface area is 132 Å². The molecule has 0 spiro atoms. The Morgan fingerprint density at radius 3 is 2.77 bits per heavy atom. The third-order valence-corrected chi connectivity index (χ3v) is 3.97. The van der Waals surface area contributed by atoms with Crippen molar-refractivity contribution in [3.8, 4) is 5.75 Å². The fraction of sp³-hybridized carbons (Fsp3) is 0.267. The summed E-state index contributed by atoms with van der Waals surface area (Å²) < 4.78 is 5.12. The number of methoxy groups -OCH3 is 1. The van der Waals surface area contributed by atoms with Crippen LogP contribution in [0.4, 0.5) is 10.8 Å². The molecule has 1 aromatic carbocycles. The Bertz CT molecular complexity index is 697. The summed E-state index contributed by atoms with van der Waals surface area (Å²) in [6.45, 7) is 3.49. The predicted molar refractivity (Wildman–Crippen MR) is 86.7 cm³/mol. The molecule has 116 valence electrons. The number of anilines is 2. The number of thiazole rings is 1. The van der Waals surface area contributed by atoms with Crippen molar-refractivity contribution in [3.63, 3.8) is 0 Å². The summed E-state index contributed by atoms with van der Waals surface area (Å²) in [5.41, 5.74) is 1.22. The molecular formula is C15H17N3O3S. The first kappa shape index (κ1) is 16.0. The van der Waals surface area contributed by atoms with Gasteiger partial charge in [0.15, 0.2) is 5.13 Å². The molecule has 2 N–H and O–H groups in total. The van der Waals surface area contributed by atoms with Crippen LogP contribution in [-0.4, -0.2) is 23.9 Å². The number of amides is 2. The number of hydrogen-bond donors (Lipinski definition) is 2. The normalized spacial score (nSPS) is 10.1. The average Bonchev–Trinajstić information content (AvgIpc) is 2.87. The fourth-order valence-corrected chi connectivity index (χ4v) is 2.63. The highest BCUT2D eigenvalue weighted by Crippen LogP contribution is 2.24. The minimum Gasteiger partial charge on any atom is -0.497 e. The van der Waals surface area contributed by atoms with E-state index in [1.54, 1.807) is 45.2 Å².